The molecule has 2 heterocycles. The number of hydrogen-bond donors (Lipinski definition) is 1. The zero-order chi connectivity index (χ0) is 10.9. The molecule has 0 radical (unpaired) electrons. The Balaban J connectivity index is 2.39. The smallest absolute Gasteiger partial charge is 0.0643 e. The van der Waals surface area contributed by atoms with E-state index in [2.05, 4.69) is 29.9 Å². The quantitative estimate of drug-likeness (QED) is 0.789. The van der Waals surface area contributed by atoms with Crippen molar-refractivity contribution in [2.24, 2.45) is 11.7 Å². The predicted octanol–water partition coefficient (Wildman–Crippen LogP) is 1.21. The maximum atomic E-state index is 5.85. The van der Waals surface area contributed by atoms with Crippen molar-refractivity contribution >= 4 is 0 Å². The van der Waals surface area contributed by atoms with Gasteiger partial charge in [-0.05, 0) is 51.5 Å². The second-order valence-electron chi connectivity index (χ2n) is 4.51. The van der Waals surface area contributed by atoms with Crippen molar-refractivity contribution in [3.8, 4) is 0 Å². The molecule has 1 aliphatic heterocycles. The molecule has 2 unspecified atom stereocenters. The van der Waals surface area contributed by atoms with Crippen molar-refractivity contribution in [2.45, 2.75) is 18.9 Å². The molecule has 0 bridgehead atoms. The van der Waals surface area contributed by atoms with Crippen molar-refractivity contribution in [3.05, 3.63) is 30.1 Å². The van der Waals surface area contributed by atoms with E-state index < -0.39 is 0 Å². The highest BCUT2D eigenvalue weighted by Gasteiger charge is 2.44. The van der Waals surface area contributed by atoms with E-state index in [1.54, 1.807) is 0 Å². The minimum Gasteiger partial charge on any atom is -0.330 e. The average molecular weight is 205 g/mol. The van der Waals surface area contributed by atoms with Crippen LogP contribution < -0.4 is 5.73 Å². The highest BCUT2D eigenvalue weighted by atomic mass is 15.2. The van der Waals surface area contributed by atoms with Crippen molar-refractivity contribution < 1.29 is 0 Å². The van der Waals surface area contributed by atoms with E-state index in [1.165, 1.54) is 6.42 Å². The monoisotopic (exact) mass is 205 g/mol. The predicted molar refractivity (Wildman–Crippen MR) is 61.4 cm³/mol. The van der Waals surface area contributed by atoms with Gasteiger partial charge in [-0.15, -0.1) is 0 Å². The molecule has 1 fully saturated rings. The van der Waals surface area contributed by atoms with Gasteiger partial charge >= 0.3 is 0 Å². The maximum Gasteiger partial charge on any atom is 0.0643 e. The van der Waals surface area contributed by atoms with E-state index >= 15 is 0 Å². The largest absolute Gasteiger partial charge is 0.330 e. The first-order valence-corrected chi connectivity index (χ1v) is 5.52. The zero-order valence-electron chi connectivity index (χ0n) is 9.48. The minimum atomic E-state index is 0.00993. The molecule has 0 aromatic carbocycles. The molecule has 1 saturated heterocycles. The van der Waals surface area contributed by atoms with Gasteiger partial charge in [0.25, 0.3) is 0 Å². The number of rotatable bonds is 2. The fourth-order valence-corrected chi connectivity index (χ4v) is 2.59. The van der Waals surface area contributed by atoms with Crippen LogP contribution in [0.25, 0.3) is 0 Å². The molecule has 0 aliphatic carbocycles. The summed E-state index contributed by atoms with van der Waals surface area (Å²) in [6.07, 6.45) is 3.03. The summed E-state index contributed by atoms with van der Waals surface area (Å²) in [5, 5.41) is 0. The van der Waals surface area contributed by atoms with Crippen LogP contribution >= 0.6 is 0 Å². The van der Waals surface area contributed by atoms with Crippen LogP contribution in [-0.4, -0.2) is 30.0 Å². The van der Waals surface area contributed by atoms with Crippen LogP contribution in [0.3, 0.4) is 0 Å². The van der Waals surface area contributed by atoms with Crippen molar-refractivity contribution in [2.75, 3.05) is 20.1 Å². The lowest BCUT2D eigenvalue weighted by atomic mass is 9.83. The van der Waals surface area contributed by atoms with Crippen LogP contribution in [0.15, 0.2) is 24.4 Å². The van der Waals surface area contributed by atoms with E-state index in [-0.39, 0.29) is 5.54 Å². The number of hydrogen-bond acceptors (Lipinski definition) is 3. The van der Waals surface area contributed by atoms with Crippen LogP contribution in [-0.2, 0) is 5.54 Å². The van der Waals surface area contributed by atoms with E-state index in [9.17, 15) is 0 Å². The van der Waals surface area contributed by atoms with E-state index in [0.717, 1.165) is 18.8 Å². The summed E-state index contributed by atoms with van der Waals surface area (Å²) >= 11 is 0. The molecule has 1 aromatic heterocycles. The summed E-state index contributed by atoms with van der Waals surface area (Å²) in [5.74, 6) is 0.511. The Bertz CT molecular complexity index is 325. The van der Waals surface area contributed by atoms with Gasteiger partial charge in [0.2, 0.25) is 0 Å². The molecule has 15 heavy (non-hydrogen) atoms. The average Bonchev–Trinajstić information content (AvgIpc) is 2.58. The van der Waals surface area contributed by atoms with Crippen LogP contribution in [0.2, 0.25) is 0 Å². The van der Waals surface area contributed by atoms with Crippen molar-refractivity contribution in [1.82, 2.24) is 9.88 Å². The topological polar surface area (TPSA) is 42.1 Å². The lowest BCUT2D eigenvalue weighted by Gasteiger charge is -2.36. The first-order valence-electron chi connectivity index (χ1n) is 5.52. The summed E-state index contributed by atoms with van der Waals surface area (Å²) in [6, 6.07) is 6.11. The van der Waals surface area contributed by atoms with Crippen molar-refractivity contribution in [1.29, 1.82) is 0 Å². The normalized spacial score (nSPS) is 32.1. The SMILES string of the molecule is CN1CCC(CN)C1(C)c1ccccn1. The lowest BCUT2D eigenvalue weighted by Crippen LogP contribution is -2.43. The lowest BCUT2D eigenvalue weighted by molar-refractivity contribution is 0.147. The molecule has 2 N–H and O–H groups in total. The first kappa shape index (κ1) is 10.6. The number of pyridine rings is 1. The molecular weight excluding hydrogens is 186 g/mol. The van der Waals surface area contributed by atoms with Crippen LogP contribution in [0.5, 0.6) is 0 Å². The van der Waals surface area contributed by atoms with Crippen LogP contribution in [0.4, 0.5) is 0 Å². The molecule has 2 atom stereocenters. The van der Waals surface area contributed by atoms with Gasteiger partial charge in [0, 0.05) is 6.20 Å². The third kappa shape index (κ3) is 1.56. The molecule has 82 valence electrons. The molecule has 0 amide bonds. The van der Waals surface area contributed by atoms with Crippen LogP contribution in [0.1, 0.15) is 19.0 Å². The minimum absolute atomic E-state index is 0.00993. The standard InChI is InChI=1S/C12H19N3/c1-12(11-5-3-4-7-14-11)10(9-13)6-8-15(12)2/h3-5,7,10H,6,8-9,13H2,1-2H3. The number of nitrogens with zero attached hydrogens (tertiary/aromatic N) is 2. The Morgan fingerprint density at radius 2 is 2.40 bits per heavy atom. The van der Waals surface area contributed by atoms with Gasteiger partial charge in [-0.2, -0.15) is 0 Å². The number of aromatic nitrogens is 1. The number of likely N-dealkylation sites (tertiary alicyclic amines) is 1. The molecule has 1 aromatic rings. The first-order chi connectivity index (χ1) is 7.19. The molecule has 3 heteroatoms. The molecule has 0 saturated carbocycles. The highest BCUT2D eigenvalue weighted by Crippen LogP contribution is 2.40. The Kier molecular flexibility index (Phi) is 2.76. The van der Waals surface area contributed by atoms with E-state index in [4.69, 9.17) is 5.73 Å². The Labute approximate surface area is 91.3 Å². The Morgan fingerprint density at radius 3 is 3.00 bits per heavy atom. The van der Waals surface area contributed by atoms with Gasteiger partial charge in [0.15, 0.2) is 0 Å². The van der Waals surface area contributed by atoms with E-state index in [1.807, 2.05) is 18.3 Å². The molecule has 1 aliphatic rings. The summed E-state index contributed by atoms with van der Waals surface area (Å²) in [7, 11) is 2.16. The van der Waals surface area contributed by atoms with Gasteiger partial charge in [-0.25, -0.2) is 0 Å². The fraction of sp³-hybridized carbons (Fsp3) is 0.583. The van der Waals surface area contributed by atoms with Gasteiger partial charge in [-0.3, -0.25) is 9.88 Å². The highest BCUT2D eigenvalue weighted by molar-refractivity contribution is 5.18. The number of nitrogens with two attached hydrogens (primary N) is 1. The molecule has 0 spiro atoms. The zero-order valence-corrected chi connectivity index (χ0v) is 9.48. The van der Waals surface area contributed by atoms with Gasteiger partial charge in [0.05, 0.1) is 11.2 Å². The van der Waals surface area contributed by atoms with E-state index in [0.29, 0.717) is 5.92 Å². The van der Waals surface area contributed by atoms with Gasteiger partial charge in [-0.1, -0.05) is 6.07 Å². The Hall–Kier alpha value is -0.930. The molecule has 3 nitrogen and oxygen atoms in total. The molecule has 2 rings (SSSR count). The molecular formula is C12H19N3. The maximum absolute atomic E-state index is 5.85. The second kappa shape index (κ2) is 3.91. The van der Waals surface area contributed by atoms with Gasteiger partial charge < -0.3 is 5.73 Å². The van der Waals surface area contributed by atoms with Crippen LogP contribution in [0, 0.1) is 5.92 Å². The Morgan fingerprint density at radius 1 is 1.60 bits per heavy atom. The second-order valence-corrected chi connectivity index (χ2v) is 4.51. The third-order valence-corrected chi connectivity index (χ3v) is 3.87. The fourth-order valence-electron chi connectivity index (χ4n) is 2.59. The van der Waals surface area contributed by atoms with Gasteiger partial charge in [0.1, 0.15) is 0 Å². The summed E-state index contributed by atoms with van der Waals surface area (Å²) in [4.78, 5) is 6.85. The summed E-state index contributed by atoms with van der Waals surface area (Å²) < 4.78 is 0. The summed E-state index contributed by atoms with van der Waals surface area (Å²) in [6.45, 7) is 4.09. The van der Waals surface area contributed by atoms with Crippen molar-refractivity contribution in [3.63, 3.8) is 0 Å². The third-order valence-electron chi connectivity index (χ3n) is 3.87. The summed E-state index contributed by atoms with van der Waals surface area (Å²) in [5.41, 5.74) is 7.00.